The quantitative estimate of drug-likeness (QED) is 0.0431. The first kappa shape index (κ1) is 55.0. The highest BCUT2D eigenvalue weighted by molar-refractivity contribution is 5.76. The third-order valence-electron chi connectivity index (χ3n) is 22.6. The SMILES string of the molecule is CC(c1ccc(OC(=O)CCCC(=O)OC2(C)C3CC4CC(C3)CC2C4)cc1)(c1ccc(OC(=O)CCCC(=O)OC2(C)C3CC4CC(C3)CC2C4)cc1)c1ccc(OC(=O)CCCC(=O)OC2(C)C3CC4CC(C3)CC2C4)cc1. The first-order chi connectivity index (χ1) is 38.4. The van der Waals surface area contributed by atoms with E-state index in [1.54, 1.807) is 36.4 Å². The van der Waals surface area contributed by atoms with Crippen LogP contribution in [0.3, 0.4) is 0 Å². The van der Waals surface area contributed by atoms with E-state index in [-0.39, 0.29) is 56.4 Å². The molecular formula is C68H84O12. The van der Waals surface area contributed by atoms with Crippen LogP contribution in [0.15, 0.2) is 72.8 Å². The summed E-state index contributed by atoms with van der Waals surface area (Å²) in [5, 5.41) is 0. The second-order valence-electron chi connectivity index (χ2n) is 27.6. The molecule has 12 heteroatoms. The van der Waals surface area contributed by atoms with Crippen molar-refractivity contribution in [3.05, 3.63) is 89.5 Å². The molecule has 428 valence electrons. The summed E-state index contributed by atoms with van der Waals surface area (Å²) in [6.07, 6.45) is 19.6. The van der Waals surface area contributed by atoms with Crippen LogP contribution in [0, 0.1) is 71.0 Å². The monoisotopic (exact) mass is 1090 g/mol. The zero-order valence-electron chi connectivity index (χ0n) is 47.7. The minimum atomic E-state index is -0.801. The third kappa shape index (κ3) is 11.0. The molecule has 3 aromatic rings. The third-order valence-corrected chi connectivity index (χ3v) is 22.6. The second-order valence-corrected chi connectivity index (χ2v) is 27.6. The van der Waals surface area contributed by atoms with Gasteiger partial charge in [-0.2, -0.15) is 0 Å². The Labute approximate surface area is 472 Å². The largest absolute Gasteiger partial charge is 0.459 e. The van der Waals surface area contributed by atoms with Crippen molar-refractivity contribution >= 4 is 35.8 Å². The van der Waals surface area contributed by atoms with Crippen LogP contribution in [0.4, 0.5) is 0 Å². The van der Waals surface area contributed by atoms with E-state index in [1.165, 1.54) is 19.3 Å². The number of hydrogen-bond donors (Lipinski definition) is 0. The highest BCUT2D eigenvalue weighted by Crippen LogP contribution is 2.62. The van der Waals surface area contributed by atoms with Gasteiger partial charge < -0.3 is 28.4 Å². The van der Waals surface area contributed by atoms with Gasteiger partial charge in [0, 0.05) is 43.9 Å². The van der Waals surface area contributed by atoms with Crippen LogP contribution in [0.25, 0.3) is 0 Å². The Morgan fingerprint density at radius 1 is 0.338 bits per heavy atom. The summed E-state index contributed by atoms with van der Waals surface area (Å²) in [4.78, 5) is 78.8. The van der Waals surface area contributed by atoms with Crippen molar-refractivity contribution < 1.29 is 57.2 Å². The molecule has 0 heterocycles. The Kier molecular flexibility index (Phi) is 15.1. The summed E-state index contributed by atoms with van der Waals surface area (Å²) >= 11 is 0. The Hall–Kier alpha value is -5.52. The Balaban J connectivity index is 0.660. The lowest BCUT2D eigenvalue weighted by Gasteiger charge is -2.59. The van der Waals surface area contributed by atoms with Crippen molar-refractivity contribution in [2.45, 2.75) is 204 Å². The molecule has 12 nitrogen and oxygen atoms in total. The highest BCUT2D eigenvalue weighted by atomic mass is 16.6. The lowest BCUT2D eigenvalue weighted by Crippen LogP contribution is -2.57. The van der Waals surface area contributed by atoms with Crippen LogP contribution >= 0.6 is 0 Å². The van der Waals surface area contributed by atoms with Gasteiger partial charge in [-0.1, -0.05) is 36.4 Å². The average Bonchev–Trinajstić information content (AvgIpc) is 3.44. The predicted octanol–water partition coefficient (Wildman–Crippen LogP) is 13.5. The van der Waals surface area contributed by atoms with E-state index in [4.69, 9.17) is 28.4 Å². The molecule has 12 fully saturated rings. The molecule has 3 aromatic carbocycles. The number of benzene rings is 3. The molecule has 0 unspecified atom stereocenters. The van der Waals surface area contributed by atoms with Crippen LogP contribution < -0.4 is 14.2 Å². The van der Waals surface area contributed by atoms with Crippen molar-refractivity contribution in [1.29, 1.82) is 0 Å². The molecule has 12 saturated carbocycles. The average molecular weight is 1090 g/mol. The van der Waals surface area contributed by atoms with E-state index in [1.807, 2.05) is 36.4 Å². The van der Waals surface area contributed by atoms with Crippen LogP contribution in [0.2, 0.25) is 0 Å². The number of carbonyl (C=O) groups excluding carboxylic acids is 6. The Morgan fingerprint density at radius 3 is 0.750 bits per heavy atom. The first-order valence-electron chi connectivity index (χ1n) is 31.0. The summed E-state index contributed by atoms with van der Waals surface area (Å²) in [5.41, 5.74) is 0.613. The van der Waals surface area contributed by atoms with Gasteiger partial charge in [-0.3, -0.25) is 28.8 Å². The molecular weight excluding hydrogens is 1010 g/mol. The molecule has 12 aliphatic rings. The summed E-state index contributed by atoms with van der Waals surface area (Å²) < 4.78 is 36.0. The van der Waals surface area contributed by atoms with Crippen molar-refractivity contribution in [3.8, 4) is 17.2 Å². The van der Waals surface area contributed by atoms with Crippen LogP contribution in [-0.4, -0.2) is 52.6 Å². The van der Waals surface area contributed by atoms with E-state index in [2.05, 4.69) is 27.7 Å². The molecule has 0 aromatic heterocycles. The second kappa shape index (κ2) is 22.0. The zero-order valence-corrected chi connectivity index (χ0v) is 47.7. The van der Waals surface area contributed by atoms with Gasteiger partial charge in [0.25, 0.3) is 0 Å². The molecule has 0 saturated heterocycles. The van der Waals surface area contributed by atoms with Gasteiger partial charge in [-0.25, -0.2) is 0 Å². The van der Waals surface area contributed by atoms with Gasteiger partial charge in [-0.05, 0) is 267 Å². The van der Waals surface area contributed by atoms with Crippen LogP contribution in [-0.2, 0) is 48.4 Å². The van der Waals surface area contributed by atoms with Gasteiger partial charge in [0.1, 0.15) is 34.1 Å². The number of ether oxygens (including phenoxy) is 6. The van der Waals surface area contributed by atoms with Crippen LogP contribution in [0.1, 0.15) is 198 Å². The molecule has 15 rings (SSSR count). The van der Waals surface area contributed by atoms with Crippen LogP contribution in [0.5, 0.6) is 17.2 Å². The van der Waals surface area contributed by atoms with Gasteiger partial charge in [0.05, 0.1) is 0 Å². The minimum absolute atomic E-state index is 0.0803. The molecule has 12 aliphatic carbocycles. The first-order valence-corrected chi connectivity index (χ1v) is 31.0. The summed E-state index contributed by atoms with van der Waals surface area (Å²) in [5.74, 6) is 6.42. The fourth-order valence-electron chi connectivity index (χ4n) is 18.5. The van der Waals surface area contributed by atoms with Crippen molar-refractivity contribution in [2.75, 3.05) is 0 Å². The number of rotatable bonds is 21. The highest BCUT2D eigenvalue weighted by Gasteiger charge is 2.59. The maximum atomic E-state index is 13.1. The number of carbonyl (C=O) groups is 6. The molecule has 0 aliphatic heterocycles. The maximum absolute atomic E-state index is 13.1. The smallest absolute Gasteiger partial charge is 0.311 e. The molecule has 0 amide bonds. The molecule has 0 spiro atoms. The van der Waals surface area contributed by atoms with Gasteiger partial charge in [-0.15, -0.1) is 0 Å². The Morgan fingerprint density at radius 2 is 0.537 bits per heavy atom. The summed E-state index contributed by atoms with van der Waals surface area (Å²) in [6.45, 7) is 8.49. The van der Waals surface area contributed by atoms with Crippen molar-refractivity contribution in [1.82, 2.24) is 0 Å². The summed E-state index contributed by atoms with van der Waals surface area (Å²) in [6, 6.07) is 22.0. The standard InChI is InChI=1S/C68H84O12/c1-65(47-14-20-56(21-15-47)75-59(69)8-5-11-62(72)78-66(2)50-29-41-26-42(31-50)32-51(66)30-41,48-16-22-57(23-17-48)76-60(70)9-6-12-63(73)79-67(3)52-33-43-27-44(35-52)36-53(67)34-43)49-18-24-58(25-19-49)77-61(71)10-7-13-64(74)80-68(4)54-37-45-28-46(39-54)40-55(68)38-45/h14-25,41-46,50-55H,5-13,26-40H2,1-4H3. The van der Waals surface area contributed by atoms with E-state index in [0.29, 0.717) is 72.0 Å². The minimum Gasteiger partial charge on any atom is -0.459 e. The van der Waals surface area contributed by atoms with E-state index >= 15 is 0 Å². The van der Waals surface area contributed by atoms with E-state index in [9.17, 15) is 28.8 Å². The maximum Gasteiger partial charge on any atom is 0.311 e. The fourth-order valence-corrected chi connectivity index (χ4v) is 18.5. The van der Waals surface area contributed by atoms with Gasteiger partial charge in [0.15, 0.2) is 0 Å². The van der Waals surface area contributed by atoms with E-state index < -0.39 is 40.1 Å². The molecule has 80 heavy (non-hydrogen) atoms. The lowest BCUT2D eigenvalue weighted by atomic mass is 9.50. The lowest BCUT2D eigenvalue weighted by molar-refractivity contribution is -0.204. The number of esters is 6. The van der Waals surface area contributed by atoms with Gasteiger partial charge >= 0.3 is 35.8 Å². The van der Waals surface area contributed by atoms with Crippen molar-refractivity contribution in [3.63, 3.8) is 0 Å². The molecule has 0 N–H and O–H groups in total. The van der Waals surface area contributed by atoms with Gasteiger partial charge in [0.2, 0.25) is 0 Å². The molecule has 0 atom stereocenters. The predicted molar refractivity (Wildman–Crippen MR) is 298 cm³/mol. The normalized spacial score (nSPS) is 35.2. The molecule has 0 radical (unpaired) electrons. The zero-order chi connectivity index (χ0) is 55.6. The number of hydrogen-bond acceptors (Lipinski definition) is 12. The molecule has 12 bridgehead atoms. The fraction of sp³-hybridized carbons (Fsp3) is 0.647. The Bertz CT molecular complexity index is 2420. The topological polar surface area (TPSA) is 158 Å². The van der Waals surface area contributed by atoms with Crippen molar-refractivity contribution in [2.24, 2.45) is 71.0 Å². The van der Waals surface area contributed by atoms with E-state index in [0.717, 1.165) is 129 Å². The summed E-state index contributed by atoms with van der Waals surface area (Å²) in [7, 11) is 0.